The first kappa shape index (κ1) is 11.8. The van der Waals surface area contributed by atoms with E-state index < -0.39 is 0 Å². The zero-order chi connectivity index (χ0) is 11.3. The fourth-order valence-corrected chi connectivity index (χ4v) is 1.33. The van der Waals surface area contributed by atoms with Gasteiger partial charge in [-0.2, -0.15) is 0 Å². The maximum atomic E-state index is 5.44. The van der Waals surface area contributed by atoms with E-state index in [2.05, 4.69) is 25.8 Å². The molecule has 1 aromatic heterocycles. The van der Waals surface area contributed by atoms with Crippen molar-refractivity contribution in [3.05, 3.63) is 17.8 Å². The van der Waals surface area contributed by atoms with Gasteiger partial charge in [0, 0.05) is 17.8 Å². The summed E-state index contributed by atoms with van der Waals surface area (Å²) < 4.78 is 10.7. The molecule has 3 nitrogen and oxygen atoms in total. The highest BCUT2D eigenvalue weighted by molar-refractivity contribution is 5.37. The zero-order valence-electron chi connectivity index (χ0n) is 9.91. The summed E-state index contributed by atoms with van der Waals surface area (Å²) in [6.07, 6.45) is 2.81. The van der Waals surface area contributed by atoms with Crippen LogP contribution in [0, 0.1) is 0 Å². The molecule has 0 saturated carbocycles. The highest BCUT2D eigenvalue weighted by Gasteiger charge is 2.09. The Bertz CT molecular complexity index is 310. The molecule has 1 heterocycles. The Morgan fingerprint density at radius 2 is 2.13 bits per heavy atom. The second-order valence-electron chi connectivity index (χ2n) is 3.77. The maximum Gasteiger partial charge on any atom is 0.216 e. The highest BCUT2D eigenvalue weighted by atomic mass is 16.5. The van der Waals surface area contributed by atoms with Gasteiger partial charge in [0.25, 0.3) is 0 Å². The topological polar surface area (TPSA) is 31.4 Å². The summed E-state index contributed by atoms with van der Waals surface area (Å²) in [4.78, 5) is 4.24. The molecule has 0 spiro atoms. The Labute approximate surface area is 91.4 Å². The first-order valence-electron chi connectivity index (χ1n) is 5.35. The predicted octanol–water partition coefficient (Wildman–Crippen LogP) is 3.00. The average molecular weight is 209 g/mol. The van der Waals surface area contributed by atoms with E-state index in [-0.39, 0.29) is 0 Å². The standard InChI is InChI=1S/C12H19NO2/c1-5-6-15-12-7-11(14-4)10(8-13-12)9(2)3/h7-9H,5-6H2,1-4H3. The third kappa shape index (κ3) is 3.11. The molecule has 84 valence electrons. The molecule has 0 saturated heterocycles. The molecule has 3 heteroatoms. The minimum atomic E-state index is 0.410. The summed E-state index contributed by atoms with van der Waals surface area (Å²) in [6.45, 7) is 7.00. The average Bonchev–Trinajstić information content (AvgIpc) is 2.25. The van der Waals surface area contributed by atoms with Crippen molar-refractivity contribution in [1.82, 2.24) is 4.98 Å². The Kier molecular flexibility index (Phi) is 4.40. The summed E-state index contributed by atoms with van der Waals surface area (Å²) in [6, 6.07) is 1.85. The van der Waals surface area contributed by atoms with Crippen LogP contribution in [-0.4, -0.2) is 18.7 Å². The van der Waals surface area contributed by atoms with Crippen LogP contribution in [-0.2, 0) is 0 Å². The number of methoxy groups -OCH3 is 1. The molecule has 15 heavy (non-hydrogen) atoms. The fraction of sp³-hybridized carbons (Fsp3) is 0.583. The van der Waals surface area contributed by atoms with Gasteiger partial charge in [0.05, 0.1) is 13.7 Å². The molecule has 0 amide bonds. The van der Waals surface area contributed by atoms with E-state index in [0.29, 0.717) is 18.4 Å². The van der Waals surface area contributed by atoms with Crippen LogP contribution in [0.4, 0.5) is 0 Å². The molecule has 1 rings (SSSR count). The number of ether oxygens (including phenoxy) is 2. The third-order valence-corrected chi connectivity index (χ3v) is 2.17. The predicted molar refractivity (Wildman–Crippen MR) is 60.7 cm³/mol. The van der Waals surface area contributed by atoms with E-state index in [1.807, 2.05) is 12.3 Å². The van der Waals surface area contributed by atoms with Gasteiger partial charge in [0.2, 0.25) is 5.88 Å². The Morgan fingerprint density at radius 3 is 2.67 bits per heavy atom. The minimum Gasteiger partial charge on any atom is -0.496 e. The first-order valence-corrected chi connectivity index (χ1v) is 5.35. The van der Waals surface area contributed by atoms with E-state index in [1.165, 1.54) is 0 Å². The van der Waals surface area contributed by atoms with Crippen molar-refractivity contribution in [3.8, 4) is 11.6 Å². The SMILES string of the molecule is CCCOc1cc(OC)c(C(C)C)cn1. The Morgan fingerprint density at radius 1 is 1.40 bits per heavy atom. The molecule has 0 bridgehead atoms. The summed E-state index contributed by atoms with van der Waals surface area (Å²) >= 11 is 0. The van der Waals surface area contributed by atoms with Crippen molar-refractivity contribution < 1.29 is 9.47 Å². The van der Waals surface area contributed by atoms with Crippen LogP contribution in [0.25, 0.3) is 0 Å². The summed E-state index contributed by atoms with van der Waals surface area (Å²) in [7, 11) is 1.67. The van der Waals surface area contributed by atoms with Gasteiger partial charge in [-0.05, 0) is 12.3 Å². The van der Waals surface area contributed by atoms with Crippen molar-refractivity contribution in [3.63, 3.8) is 0 Å². The van der Waals surface area contributed by atoms with E-state index >= 15 is 0 Å². The Hall–Kier alpha value is -1.25. The lowest BCUT2D eigenvalue weighted by atomic mass is 10.1. The number of nitrogens with zero attached hydrogens (tertiary/aromatic N) is 1. The lowest BCUT2D eigenvalue weighted by molar-refractivity contribution is 0.301. The van der Waals surface area contributed by atoms with Crippen LogP contribution < -0.4 is 9.47 Å². The van der Waals surface area contributed by atoms with Crippen LogP contribution in [0.15, 0.2) is 12.3 Å². The van der Waals surface area contributed by atoms with Gasteiger partial charge < -0.3 is 9.47 Å². The van der Waals surface area contributed by atoms with E-state index in [1.54, 1.807) is 7.11 Å². The quantitative estimate of drug-likeness (QED) is 0.747. The normalized spacial score (nSPS) is 10.5. The molecular formula is C12H19NO2. The van der Waals surface area contributed by atoms with Crippen LogP contribution in [0.2, 0.25) is 0 Å². The van der Waals surface area contributed by atoms with Crippen LogP contribution >= 0.6 is 0 Å². The summed E-state index contributed by atoms with van der Waals surface area (Å²) in [5.41, 5.74) is 1.11. The monoisotopic (exact) mass is 209 g/mol. The Balaban J connectivity index is 2.87. The van der Waals surface area contributed by atoms with Crippen molar-refractivity contribution >= 4 is 0 Å². The van der Waals surface area contributed by atoms with Crippen molar-refractivity contribution in [2.45, 2.75) is 33.1 Å². The van der Waals surface area contributed by atoms with E-state index in [0.717, 1.165) is 17.7 Å². The van der Waals surface area contributed by atoms with E-state index in [9.17, 15) is 0 Å². The number of aromatic nitrogens is 1. The molecule has 1 aromatic rings. The largest absolute Gasteiger partial charge is 0.496 e. The number of pyridine rings is 1. The van der Waals surface area contributed by atoms with Crippen LogP contribution in [0.3, 0.4) is 0 Å². The third-order valence-electron chi connectivity index (χ3n) is 2.17. The molecule has 0 aromatic carbocycles. The van der Waals surface area contributed by atoms with Gasteiger partial charge in [-0.25, -0.2) is 4.98 Å². The summed E-state index contributed by atoms with van der Waals surface area (Å²) in [5.74, 6) is 1.90. The maximum absolute atomic E-state index is 5.44. The van der Waals surface area contributed by atoms with E-state index in [4.69, 9.17) is 9.47 Å². The molecule has 0 N–H and O–H groups in total. The number of hydrogen-bond acceptors (Lipinski definition) is 3. The first-order chi connectivity index (χ1) is 7.19. The molecule has 0 aliphatic heterocycles. The van der Waals surface area contributed by atoms with Crippen LogP contribution in [0.5, 0.6) is 11.6 Å². The van der Waals surface area contributed by atoms with Gasteiger partial charge in [0.1, 0.15) is 5.75 Å². The zero-order valence-corrected chi connectivity index (χ0v) is 9.91. The lowest BCUT2D eigenvalue weighted by Crippen LogP contribution is -2.00. The molecule has 0 unspecified atom stereocenters. The molecule has 0 fully saturated rings. The highest BCUT2D eigenvalue weighted by Crippen LogP contribution is 2.28. The molecule has 0 aliphatic rings. The second kappa shape index (κ2) is 5.59. The smallest absolute Gasteiger partial charge is 0.216 e. The number of rotatable bonds is 5. The van der Waals surface area contributed by atoms with Gasteiger partial charge in [-0.3, -0.25) is 0 Å². The molecule has 0 radical (unpaired) electrons. The fourth-order valence-electron chi connectivity index (χ4n) is 1.33. The van der Waals surface area contributed by atoms with Gasteiger partial charge in [-0.1, -0.05) is 20.8 Å². The van der Waals surface area contributed by atoms with Crippen molar-refractivity contribution in [2.75, 3.05) is 13.7 Å². The van der Waals surface area contributed by atoms with Crippen molar-refractivity contribution in [2.24, 2.45) is 0 Å². The minimum absolute atomic E-state index is 0.410. The lowest BCUT2D eigenvalue weighted by Gasteiger charge is -2.12. The molecule has 0 aliphatic carbocycles. The second-order valence-corrected chi connectivity index (χ2v) is 3.77. The van der Waals surface area contributed by atoms with Crippen LogP contribution in [0.1, 0.15) is 38.7 Å². The molecule has 0 atom stereocenters. The summed E-state index contributed by atoms with van der Waals surface area (Å²) in [5, 5.41) is 0. The van der Waals surface area contributed by atoms with Crippen molar-refractivity contribution in [1.29, 1.82) is 0 Å². The number of hydrogen-bond donors (Lipinski definition) is 0. The van der Waals surface area contributed by atoms with Gasteiger partial charge >= 0.3 is 0 Å². The molecular weight excluding hydrogens is 190 g/mol. The van der Waals surface area contributed by atoms with Gasteiger partial charge in [-0.15, -0.1) is 0 Å². The van der Waals surface area contributed by atoms with Gasteiger partial charge in [0.15, 0.2) is 0 Å².